The van der Waals surface area contributed by atoms with Crippen molar-refractivity contribution in [3.63, 3.8) is 0 Å². The van der Waals surface area contributed by atoms with Crippen molar-refractivity contribution < 1.29 is 9.15 Å². The maximum absolute atomic E-state index is 12.3. The Hall–Kier alpha value is -2.63. The number of piperazine rings is 1. The number of hydrogen-bond donors (Lipinski definition) is 0. The van der Waals surface area contributed by atoms with E-state index >= 15 is 0 Å². The van der Waals surface area contributed by atoms with E-state index in [1.165, 1.54) is 11.1 Å². The van der Waals surface area contributed by atoms with Gasteiger partial charge in [-0.25, -0.2) is 4.79 Å². The number of ether oxygens (including phenoxy) is 1. The fraction of sp³-hybridized carbons (Fsp3) is 0.444. The van der Waals surface area contributed by atoms with E-state index < -0.39 is 0 Å². The van der Waals surface area contributed by atoms with Crippen molar-refractivity contribution in [2.24, 2.45) is 0 Å². The molecule has 0 radical (unpaired) electrons. The number of rotatable bonds is 7. The van der Waals surface area contributed by atoms with Crippen molar-refractivity contribution in [1.29, 1.82) is 0 Å². The van der Waals surface area contributed by atoms with E-state index in [4.69, 9.17) is 9.15 Å². The molecule has 5 nitrogen and oxygen atoms in total. The minimum absolute atomic E-state index is 0.171. The molecule has 0 amide bonds. The molecule has 168 valence electrons. The van der Waals surface area contributed by atoms with E-state index in [0.29, 0.717) is 12.2 Å². The fourth-order valence-corrected chi connectivity index (χ4v) is 5.01. The molecule has 0 spiro atoms. The highest BCUT2D eigenvalue weighted by Crippen LogP contribution is 2.29. The summed E-state index contributed by atoms with van der Waals surface area (Å²) in [5.74, 6) is 0.782. The van der Waals surface area contributed by atoms with Crippen LogP contribution in [0.3, 0.4) is 0 Å². The number of benzene rings is 2. The lowest BCUT2D eigenvalue weighted by Gasteiger charge is -2.34. The third-order valence-electron chi connectivity index (χ3n) is 6.80. The molecule has 2 aliphatic rings. The van der Waals surface area contributed by atoms with Crippen molar-refractivity contribution in [3.05, 3.63) is 75.6 Å². The summed E-state index contributed by atoms with van der Waals surface area (Å²) in [5, 5.41) is 1.07. The molecular formula is C27H32N2O3. The minimum Gasteiger partial charge on any atom is -0.493 e. The number of hydrogen-bond acceptors (Lipinski definition) is 5. The quantitative estimate of drug-likeness (QED) is 0.412. The molecular weight excluding hydrogens is 400 g/mol. The molecule has 1 aliphatic heterocycles. The Morgan fingerprint density at radius 2 is 1.62 bits per heavy atom. The lowest BCUT2D eigenvalue weighted by atomic mass is 9.91. The first-order valence-corrected chi connectivity index (χ1v) is 12.0. The van der Waals surface area contributed by atoms with E-state index in [1.807, 2.05) is 12.1 Å². The molecule has 32 heavy (non-hydrogen) atoms. The van der Waals surface area contributed by atoms with Crippen LogP contribution in [-0.4, -0.2) is 49.1 Å². The maximum atomic E-state index is 12.3. The molecule has 1 saturated heterocycles. The molecule has 1 fully saturated rings. The van der Waals surface area contributed by atoms with Gasteiger partial charge in [-0.15, -0.1) is 0 Å². The summed E-state index contributed by atoms with van der Waals surface area (Å²) < 4.78 is 11.6. The van der Waals surface area contributed by atoms with Crippen LogP contribution in [0.4, 0.5) is 0 Å². The molecule has 0 unspecified atom stereocenters. The Kier molecular flexibility index (Phi) is 6.56. The van der Waals surface area contributed by atoms with E-state index in [1.54, 1.807) is 0 Å². The predicted molar refractivity (Wildman–Crippen MR) is 127 cm³/mol. The van der Waals surface area contributed by atoms with Gasteiger partial charge in [0.1, 0.15) is 11.3 Å². The van der Waals surface area contributed by atoms with Gasteiger partial charge < -0.3 is 14.1 Å². The zero-order valence-electron chi connectivity index (χ0n) is 18.7. The largest absolute Gasteiger partial charge is 0.493 e. The maximum Gasteiger partial charge on any atom is 0.339 e. The molecule has 0 atom stereocenters. The smallest absolute Gasteiger partial charge is 0.339 e. The first-order valence-electron chi connectivity index (χ1n) is 12.0. The van der Waals surface area contributed by atoms with E-state index in [9.17, 15) is 4.79 Å². The topological polar surface area (TPSA) is 45.9 Å². The zero-order chi connectivity index (χ0) is 21.8. The van der Waals surface area contributed by atoms with Crippen LogP contribution in [0.1, 0.15) is 36.0 Å². The van der Waals surface area contributed by atoms with Gasteiger partial charge in [0.2, 0.25) is 0 Å². The predicted octanol–water partition coefficient (Wildman–Crippen LogP) is 4.26. The molecule has 0 bridgehead atoms. The summed E-state index contributed by atoms with van der Waals surface area (Å²) >= 11 is 0. The highest BCUT2D eigenvalue weighted by Gasteiger charge is 2.19. The van der Waals surface area contributed by atoms with Gasteiger partial charge in [0.25, 0.3) is 0 Å². The van der Waals surface area contributed by atoms with Crippen LogP contribution in [0.25, 0.3) is 11.0 Å². The summed E-state index contributed by atoms with van der Waals surface area (Å²) in [6.45, 7) is 7.21. The normalized spacial score (nSPS) is 17.4. The highest BCUT2D eigenvalue weighted by atomic mass is 16.5. The van der Waals surface area contributed by atoms with E-state index in [-0.39, 0.29) is 5.63 Å². The highest BCUT2D eigenvalue weighted by molar-refractivity contribution is 5.82. The second kappa shape index (κ2) is 9.88. The summed E-state index contributed by atoms with van der Waals surface area (Å²) in [5.41, 5.74) is 3.93. The standard InChI is InChI=1S/C27H32N2O3/c30-27-25-10-5-4-9-23(25)24-12-11-22(19-26(24)32-27)31-18-6-13-28-14-16-29(17-15-28)20-21-7-2-1-3-8-21/h1-3,7-8,11-12,19H,4-6,9-10,13-18,20H2. The monoisotopic (exact) mass is 432 g/mol. The average Bonchev–Trinajstić information content (AvgIpc) is 2.84. The minimum atomic E-state index is -0.171. The number of aryl methyl sites for hydroxylation is 1. The van der Waals surface area contributed by atoms with Crippen LogP contribution < -0.4 is 10.4 Å². The van der Waals surface area contributed by atoms with Gasteiger partial charge >= 0.3 is 5.63 Å². The van der Waals surface area contributed by atoms with Gasteiger partial charge in [0, 0.05) is 56.3 Å². The fourth-order valence-electron chi connectivity index (χ4n) is 5.01. The van der Waals surface area contributed by atoms with Crippen LogP contribution in [0, 0.1) is 0 Å². The zero-order valence-corrected chi connectivity index (χ0v) is 18.7. The van der Waals surface area contributed by atoms with Crippen LogP contribution in [-0.2, 0) is 19.4 Å². The van der Waals surface area contributed by atoms with E-state index in [2.05, 4.69) is 46.2 Å². The summed E-state index contributed by atoms with van der Waals surface area (Å²) in [6, 6.07) is 16.7. The van der Waals surface area contributed by atoms with Crippen molar-refractivity contribution in [2.75, 3.05) is 39.3 Å². The lowest BCUT2D eigenvalue weighted by Crippen LogP contribution is -2.46. The number of fused-ring (bicyclic) bond motifs is 3. The van der Waals surface area contributed by atoms with Gasteiger partial charge in [0.15, 0.2) is 0 Å². The third-order valence-corrected chi connectivity index (χ3v) is 6.80. The van der Waals surface area contributed by atoms with Crippen molar-refractivity contribution >= 4 is 11.0 Å². The third kappa shape index (κ3) is 4.89. The first-order chi connectivity index (χ1) is 15.8. The summed E-state index contributed by atoms with van der Waals surface area (Å²) in [6.07, 6.45) is 5.02. The van der Waals surface area contributed by atoms with Crippen LogP contribution in [0.5, 0.6) is 5.75 Å². The Bertz CT molecular complexity index is 1100. The van der Waals surface area contributed by atoms with Gasteiger partial charge in [-0.3, -0.25) is 4.90 Å². The molecule has 2 aromatic carbocycles. The molecule has 3 aromatic rings. The van der Waals surface area contributed by atoms with Crippen LogP contribution >= 0.6 is 0 Å². The van der Waals surface area contributed by atoms with Gasteiger partial charge in [-0.2, -0.15) is 0 Å². The van der Waals surface area contributed by atoms with Gasteiger partial charge in [-0.1, -0.05) is 30.3 Å². The molecule has 0 saturated carbocycles. The molecule has 5 heteroatoms. The van der Waals surface area contributed by atoms with Crippen molar-refractivity contribution in [1.82, 2.24) is 9.80 Å². The Balaban J connectivity index is 1.09. The van der Waals surface area contributed by atoms with E-state index in [0.717, 1.165) is 88.1 Å². The van der Waals surface area contributed by atoms with Crippen molar-refractivity contribution in [3.8, 4) is 5.75 Å². The second-order valence-electron chi connectivity index (χ2n) is 9.02. The molecule has 1 aliphatic carbocycles. The summed E-state index contributed by atoms with van der Waals surface area (Å²) in [7, 11) is 0. The Labute approximate surface area is 189 Å². The number of nitrogens with zero attached hydrogens (tertiary/aromatic N) is 2. The van der Waals surface area contributed by atoms with Crippen LogP contribution in [0.15, 0.2) is 57.7 Å². The van der Waals surface area contributed by atoms with Crippen molar-refractivity contribution in [2.45, 2.75) is 38.6 Å². The molecule has 0 N–H and O–H groups in total. The van der Waals surface area contributed by atoms with Crippen LogP contribution in [0.2, 0.25) is 0 Å². The second-order valence-corrected chi connectivity index (χ2v) is 9.02. The Morgan fingerprint density at radius 1 is 0.875 bits per heavy atom. The SMILES string of the molecule is O=c1oc2cc(OCCCN3CCN(Cc4ccccc4)CC3)ccc2c2c1CCCC2. The van der Waals surface area contributed by atoms with Gasteiger partial charge in [0.05, 0.1) is 6.61 Å². The lowest BCUT2D eigenvalue weighted by molar-refractivity contribution is 0.121. The van der Waals surface area contributed by atoms with Gasteiger partial charge in [-0.05, 0) is 55.4 Å². The Morgan fingerprint density at radius 3 is 2.44 bits per heavy atom. The first kappa shape index (κ1) is 21.2. The average molecular weight is 433 g/mol. The summed E-state index contributed by atoms with van der Waals surface area (Å²) in [4.78, 5) is 17.4. The molecule has 5 rings (SSSR count). The molecule has 1 aromatic heterocycles. The molecule has 2 heterocycles.